The Kier molecular flexibility index (Phi) is 4.71. The van der Waals surface area contributed by atoms with Crippen LogP contribution in [0.2, 0.25) is 5.02 Å². The summed E-state index contributed by atoms with van der Waals surface area (Å²) in [7, 11) is -2.23. The summed E-state index contributed by atoms with van der Waals surface area (Å²) in [6.45, 7) is 0.223. The van der Waals surface area contributed by atoms with E-state index in [-0.39, 0.29) is 23.2 Å². The number of ether oxygens (including phenoxy) is 1. The van der Waals surface area contributed by atoms with Crippen LogP contribution in [0.15, 0.2) is 35.5 Å². The van der Waals surface area contributed by atoms with Gasteiger partial charge in [0.15, 0.2) is 5.03 Å². The van der Waals surface area contributed by atoms with Crippen LogP contribution in [0.3, 0.4) is 0 Å². The van der Waals surface area contributed by atoms with Crippen LogP contribution in [-0.2, 0) is 17.1 Å². The van der Waals surface area contributed by atoms with Crippen molar-refractivity contribution in [2.45, 2.75) is 5.03 Å². The predicted molar refractivity (Wildman–Crippen MR) is 79.8 cm³/mol. The van der Waals surface area contributed by atoms with Crippen molar-refractivity contribution in [3.05, 3.63) is 35.5 Å². The molecule has 2 aromatic rings. The van der Waals surface area contributed by atoms with Crippen molar-refractivity contribution in [1.29, 1.82) is 0 Å². The molecule has 3 N–H and O–H groups in total. The molecule has 1 aromatic carbocycles. The van der Waals surface area contributed by atoms with Crippen LogP contribution in [0.1, 0.15) is 0 Å². The lowest BCUT2D eigenvalue weighted by atomic mass is 10.3. The molecule has 114 valence electrons. The molecule has 0 aliphatic rings. The van der Waals surface area contributed by atoms with Gasteiger partial charge in [-0.25, -0.2) is 13.1 Å². The molecule has 0 radical (unpaired) electrons. The molecule has 0 atom stereocenters. The van der Waals surface area contributed by atoms with E-state index in [2.05, 4.69) is 9.82 Å². The maximum Gasteiger partial charge on any atom is 0.259 e. The second kappa shape index (κ2) is 6.33. The van der Waals surface area contributed by atoms with E-state index in [0.717, 1.165) is 0 Å². The van der Waals surface area contributed by atoms with Gasteiger partial charge in [-0.3, -0.25) is 4.68 Å². The number of para-hydroxylation sites is 2. The SMILES string of the molecule is Cn1ncc(Cl)c1S(=O)(=O)NCCOc1ccccc1N. The zero-order valence-electron chi connectivity index (χ0n) is 11.3. The second-order valence-electron chi connectivity index (χ2n) is 4.21. The highest BCUT2D eigenvalue weighted by atomic mass is 35.5. The number of hydrogen-bond donors (Lipinski definition) is 2. The lowest BCUT2D eigenvalue weighted by Crippen LogP contribution is -2.30. The maximum atomic E-state index is 12.1. The van der Waals surface area contributed by atoms with Crippen LogP contribution in [0, 0.1) is 0 Å². The highest BCUT2D eigenvalue weighted by Gasteiger charge is 2.22. The fourth-order valence-electron chi connectivity index (χ4n) is 1.72. The minimum Gasteiger partial charge on any atom is -0.490 e. The van der Waals surface area contributed by atoms with Gasteiger partial charge in [0.25, 0.3) is 10.0 Å². The molecule has 7 nitrogen and oxygen atoms in total. The van der Waals surface area contributed by atoms with Gasteiger partial charge in [-0.15, -0.1) is 0 Å². The summed E-state index contributed by atoms with van der Waals surface area (Å²) in [6, 6.07) is 6.98. The summed E-state index contributed by atoms with van der Waals surface area (Å²) < 4.78 is 33.1. The number of benzene rings is 1. The second-order valence-corrected chi connectivity index (χ2v) is 6.29. The van der Waals surface area contributed by atoms with E-state index in [9.17, 15) is 8.42 Å². The predicted octanol–water partition coefficient (Wildman–Crippen LogP) is 1.01. The van der Waals surface area contributed by atoms with Gasteiger partial charge in [0.2, 0.25) is 0 Å². The summed E-state index contributed by atoms with van der Waals surface area (Å²) in [5.74, 6) is 0.510. The normalized spacial score (nSPS) is 11.5. The lowest BCUT2D eigenvalue weighted by Gasteiger charge is -2.10. The molecule has 1 aromatic heterocycles. The summed E-state index contributed by atoms with van der Waals surface area (Å²) in [6.07, 6.45) is 1.28. The first kappa shape index (κ1) is 15.6. The third-order valence-electron chi connectivity index (χ3n) is 2.67. The Labute approximate surface area is 127 Å². The van der Waals surface area contributed by atoms with Crippen molar-refractivity contribution < 1.29 is 13.2 Å². The van der Waals surface area contributed by atoms with E-state index in [1.807, 2.05) is 0 Å². The van der Waals surface area contributed by atoms with Gasteiger partial charge in [0, 0.05) is 13.6 Å². The van der Waals surface area contributed by atoms with Gasteiger partial charge in [-0.2, -0.15) is 5.10 Å². The van der Waals surface area contributed by atoms with E-state index in [4.69, 9.17) is 22.1 Å². The van der Waals surface area contributed by atoms with E-state index >= 15 is 0 Å². The molecule has 21 heavy (non-hydrogen) atoms. The molecule has 0 bridgehead atoms. The zero-order valence-corrected chi connectivity index (χ0v) is 12.9. The van der Waals surface area contributed by atoms with E-state index in [0.29, 0.717) is 11.4 Å². The van der Waals surface area contributed by atoms with E-state index in [1.54, 1.807) is 24.3 Å². The summed E-state index contributed by atoms with van der Waals surface area (Å²) in [4.78, 5) is 0. The van der Waals surface area contributed by atoms with Crippen LogP contribution in [0.4, 0.5) is 5.69 Å². The number of aryl methyl sites for hydroxylation is 1. The Hall–Kier alpha value is -1.77. The van der Waals surface area contributed by atoms with Gasteiger partial charge >= 0.3 is 0 Å². The first-order valence-electron chi connectivity index (χ1n) is 6.06. The molecule has 0 aliphatic carbocycles. The third kappa shape index (κ3) is 3.66. The average Bonchev–Trinajstić information content (AvgIpc) is 2.77. The highest BCUT2D eigenvalue weighted by Crippen LogP contribution is 2.20. The average molecular weight is 331 g/mol. The number of anilines is 1. The highest BCUT2D eigenvalue weighted by molar-refractivity contribution is 7.89. The number of nitrogens with one attached hydrogen (secondary N) is 1. The molecular weight excluding hydrogens is 316 g/mol. The Morgan fingerprint density at radius 1 is 1.43 bits per heavy atom. The topological polar surface area (TPSA) is 99.2 Å². The summed E-state index contributed by atoms with van der Waals surface area (Å²) >= 11 is 5.81. The minimum atomic E-state index is -3.74. The number of sulfonamides is 1. The smallest absolute Gasteiger partial charge is 0.259 e. The third-order valence-corrected chi connectivity index (χ3v) is 4.63. The Bertz CT molecular complexity index is 710. The summed E-state index contributed by atoms with van der Waals surface area (Å²) in [5, 5.41) is 3.78. The molecule has 0 saturated carbocycles. The maximum absolute atomic E-state index is 12.1. The monoisotopic (exact) mass is 330 g/mol. The molecule has 0 amide bonds. The Balaban J connectivity index is 1.93. The van der Waals surface area contributed by atoms with Crippen molar-refractivity contribution in [3.8, 4) is 5.75 Å². The Morgan fingerprint density at radius 3 is 2.76 bits per heavy atom. The van der Waals surface area contributed by atoms with Crippen molar-refractivity contribution >= 4 is 27.3 Å². The van der Waals surface area contributed by atoms with Crippen LogP contribution < -0.4 is 15.2 Å². The van der Waals surface area contributed by atoms with Crippen molar-refractivity contribution in [2.75, 3.05) is 18.9 Å². The molecule has 2 rings (SSSR count). The van der Waals surface area contributed by atoms with Gasteiger partial charge in [0.1, 0.15) is 12.4 Å². The number of rotatable bonds is 6. The van der Waals surface area contributed by atoms with Gasteiger partial charge in [0.05, 0.1) is 16.9 Å². The first-order chi connectivity index (χ1) is 9.92. The van der Waals surface area contributed by atoms with Gasteiger partial charge in [-0.05, 0) is 12.1 Å². The first-order valence-corrected chi connectivity index (χ1v) is 7.92. The van der Waals surface area contributed by atoms with Gasteiger partial charge in [-0.1, -0.05) is 23.7 Å². The molecule has 0 unspecified atom stereocenters. The number of halogens is 1. The van der Waals surface area contributed by atoms with Crippen molar-refractivity contribution in [3.63, 3.8) is 0 Å². The number of nitrogens with zero attached hydrogens (tertiary/aromatic N) is 2. The molecule has 0 saturated heterocycles. The number of hydrogen-bond acceptors (Lipinski definition) is 5. The number of nitrogen functional groups attached to an aromatic ring is 1. The van der Waals surface area contributed by atoms with E-state index < -0.39 is 10.0 Å². The molecule has 9 heteroatoms. The molecule has 0 fully saturated rings. The zero-order chi connectivity index (χ0) is 15.5. The van der Waals surface area contributed by atoms with E-state index in [1.165, 1.54) is 17.9 Å². The molecular formula is C12H15ClN4O3S. The van der Waals surface area contributed by atoms with Crippen LogP contribution in [0.5, 0.6) is 5.75 Å². The largest absolute Gasteiger partial charge is 0.490 e. The molecule has 0 spiro atoms. The lowest BCUT2D eigenvalue weighted by molar-refractivity contribution is 0.324. The van der Waals surface area contributed by atoms with Gasteiger partial charge < -0.3 is 10.5 Å². The fraction of sp³-hybridized carbons (Fsp3) is 0.250. The fourth-order valence-corrected chi connectivity index (χ4v) is 3.38. The minimum absolute atomic E-state index is 0.0678. The quantitative estimate of drug-likeness (QED) is 0.608. The van der Waals surface area contributed by atoms with Crippen LogP contribution in [0.25, 0.3) is 0 Å². The molecule has 1 heterocycles. The number of nitrogens with two attached hydrogens (primary N) is 1. The Morgan fingerprint density at radius 2 is 2.14 bits per heavy atom. The number of aromatic nitrogens is 2. The standard InChI is InChI=1S/C12H15ClN4O3S/c1-17-12(9(13)8-15-17)21(18,19)16-6-7-20-11-5-3-2-4-10(11)14/h2-5,8,16H,6-7,14H2,1H3. The van der Waals surface area contributed by atoms with Crippen LogP contribution >= 0.6 is 11.6 Å². The molecule has 0 aliphatic heterocycles. The van der Waals surface area contributed by atoms with Crippen molar-refractivity contribution in [1.82, 2.24) is 14.5 Å². The summed E-state index contributed by atoms with van der Waals surface area (Å²) in [5.41, 5.74) is 6.21. The van der Waals surface area contributed by atoms with Crippen molar-refractivity contribution in [2.24, 2.45) is 7.05 Å². The van der Waals surface area contributed by atoms with Crippen LogP contribution in [-0.4, -0.2) is 31.3 Å².